The molecule has 0 radical (unpaired) electrons. The van der Waals surface area contributed by atoms with E-state index in [2.05, 4.69) is 0 Å². The highest BCUT2D eigenvalue weighted by Gasteiger charge is 2.60. The van der Waals surface area contributed by atoms with Gasteiger partial charge >= 0.3 is 59.7 Å². The van der Waals surface area contributed by atoms with Crippen LogP contribution in [0.25, 0.3) is 0 Å². The average Bonchev–Trinajstić information content (AvgIpc) is 3.24. The molecule has 3 saturated heterocycles. The van der Waals surface area contributed by atoms with E-state index in [1.54, 1.807) is 30.3 Å². The van der Waals surface area contributed by atoms with Gasteiger partial charge in [-0.15, -0.1) is 0 Å². The van der Waals surface area contributed by atoms with Crippen molar-refractivity contribution in [2.24, 2.45) is 0 Å². The molecule has 1 aromatic carbocycles. The predicted molar refractivity (Wildman–Crippen MR) is 227 cm³/mol. The lowest BCUT2D eigenvalue weighted by molar-refractivity contribution is -0.368. The predicted octanol–water partition coefficient (Wildman–Crippen LogP) is 0.935. The van der Waals surface area contributed by atoms with E-state index in [1.165, 1.54) is 0 Å². The quantitative estimate of drug-likeness (QED) is 0.137. The third-order valence-corrected chi connectivity index (χ3v) is 11.0. The van der Waals surface area contributed by atoms with Crippen molar-refractivity contribution in [3.63, 3.8) is 0 Å². The second-order valence-electron chi connectivity index (χ2n) is 15.7. The molecule has 0 spiro atoms. The summed E-state index contributed by atoms with van der Waals surface area (Å²) in [4.78, 5) is 127. The zero-order chi connectivity index (χ0) is 52.0. The van der Waals surface area contributed by atoms with E-state index in [0.717, 1.165) is 81.0 Å². The molecule has 0 unspecified atom stereocenters. The first-order valence-corrected chi connectivity index (χ1v) is 22.4. The lowest BCUT2D eigenvalue weighted by Crippen LogP contribution is -2.68. The van der Waals surface area contributed by atoms with E-state index in [4.69, 9.17) is 71.1 Å². The van der Waals surface area contributed by atoms with Gasteiger partial charge in [-0.2, -0.15) is 0 Å². The highest BCUT2D eigenvalue weighted by molar-refractivity contribution is 7.99. The Hall–Kier alpha value is -5.93. The standard InChI is InChI=1S/C44H56O25S/c1-19(45)55-16-30-33(58-22(4)48)36(60-24(6)50)39(62-26(8)52)42(65-30)68-35-32(18-57-21(3)47)67-44(70-29-14-12-11-13-15-29)41(64-28(10)54)38(35)69-43-40(63-27(9)53)37(61-25(7)51)34(59-23(5)49)31(66-43)17-56-20(2)46/h11-15,30-44H,16-18H2,1-10H3/t30-,31-,32-,33-,34-,35-,36+,37+,38+,39-,40-,41-,42+,43+,44+/m1/s1. The van der Waals surface area contributed by atoms with Gasteiger partial charge in [-0.3, -0.25) is 47.9 Å². The van der Waals surface area contributed by atoms with E-state index >= 15 is 0 Å². The van der Waals surface area contributed by atoms with Crippen molar-refractivity contribution in [3.05, 3.63) is 30.3 Å². The monoisotopic (exact) mass is 1020 g/mol. The maximum absolute atomic E-state index is 13.2. The van der Waals surface area contributed by atoms with Crippen LogP contribution in [-0.2, 0) is 119 Å². The molecule has 1 aromatic rings. The summed E-state index contributed by atoms with van der Waals surface area (Å²) >= 11 is 0.997. The van der Waals surface area contributed by atoms with Gasteiger partial charge in [0.25, 0.3) is 0 Å². The van der Waals surface area contributed by atoms with Crippen LogP contribution in [-0.4, -0.2) is 171 Å². The molecule has 25 nitrogen and oxygen atoms in total. The zero-order valence-corrected chi connectivity index (χ0v) is 40.6. The van der Waals surface area contributed by atoms with E-state index in [1.807, 2.05) is 0 Å². The van der Waals surface area contributed by atoms with Gasteiger partial charge in [0.1, 0.15) is 55.8 Å². The lowest BCUT2D eigenvalue weighted by Gasteiger charge is -2.51. The molecule has 0 N–H and O–H groups in total. The highest BCUT2D eigenvalue weighted by atomic mass is 32.2. The summed E-state index contributed by atoms with van der Waals surface area (Å²) in [5, 5.41) is 0. The van der Waals surface area contributed by atoms with E-state index in [9.17, 15) is 47.9 Å². The van der Waals surface area contributed by atoms with Gasteiger partial charge in [0.05, 0.1) is 0 Å². The van der Waals surface area contributed by atoms with E-state index in [-0.39, 0.29) is 0 Å². The topological polar surface area (TPSA) is 309 Å². The number of rotatable bonds is 19. The van der Waals surface area contributed by atoms with Crippen molar-refractivity contribution in [3.8, 4) is 0 Å². The van der Waals surface area contributed by atoms with Crippen LogP contribution in [0.4, 0.5) is 0 Å². The number of esters is 10. The summed E-state index contributed by atoms with van der Waals surface area (Å²) in [6.07, 6.45) is -24.4. The Kier molecular flexibility index (Phi) is 21.3. The van der Waals surface area contributed by atoms with Crippen LogP contribution >= 0.6 is 11.8 Å². The second-order valence-corrected chi connectivity index (χ2v) is 16.9. The molecule has 0 aromatic heterocycles. The summed E-state index contributed by atoms with van der Waals surface area (Å²) in [5.74, 6) is -9.18. The normalized spacial score (nSPS) is 30.5. The molecule has 70 heavy (non-hydrogen) atoms. The van der Waals surface area contributed by atoms with Crippen LogP contribution < -0.4 is 0 Å². The van der Waals surface area contributed by atoms with Crippen molar-refractivity contribution in [2.75, 3.05) is 19.8 Å². The first kappa shape index (κ1) is 56.7. The van der Waals surface area contributed by atoms with Gasteiger partial charge < -0.3 is 71.1 Å². The Morgan fingerprint density at radius 2 is 0.686 bits per heavy atom. The molecule has 3 fully saturated rings. The molecule has 388 valence electrons. The second kappa shape index (κ2) is 26.3. The molecule has 3 heterocycles. The Morgan fingerprint density at radius 3 is 1.04 bits per heavy atom. The summed E-state index contributed by atoms with van der Waals surface area (Å²) < 4.78 is 87.7. The van der Waals surface area contributed by atoms with Crippen LogP contribution in [0.5, 0.6) is 0 Å². The van der Waals surface area contributed by atoms with Crippen LogP contribution in [0.1, 0.15) is 69.2 Å². The third-order valence-electron chi connectivity index (χ3n) is 9.82. The van der Waals surface area contributed by atoms with Crippen LogP contribution in [0.2, 0.25) is 0 Å². The molecular formula is C44H56O25S. The first-order valence-electron chi connectivity index (χ1n) is 21.5. The van der Waals surface area contributed by atoms with Crippen molar-refractivity contribution < 1.29 is 119 Å². The van der Waals surface area contributed by atoms with E-state index in [0.29, 0.717) is 4.90 Å². The number of thioether (sulfide) groups is 1. The number of carbonyl (C=O) groups excluding carboxylic acids is 10. The molecule has 26 heteroatoms. The molecule has 4 rings (SSSR count). The van der Waals surface area contributed by atoms with Gasteiger partial charge in [-0.1, -0.05) is 30.0 Å². The lowest BCUT2D eigenvalue weighted by atomic mass is 9.95. The zero-order valence-electron chi connectivity index (χ0n) is 39.8. The molecule has 15 atom stereocenters. The van der Waals surface area contributed by atoms with Crippen molar-refractivity contribution in [2.45, 2.75) is 165 Å². The minimum Gasteiger partial charge on any atom is -0.463 e. The molecule has 0 bridgehead atoms. The SMILES string of the molecule is CC(=O)OC[C@H]1O[C@@H](Sc2ccccc2)[C@H](OC(C)=O)[C@@H](O[C@@H]2O[C@H](COC(C)=O)[C@@H](OC(C)=O)[C@H](OC(C)=O)[C@H]2OC(C)=O)[C@@H]1O[C@@H]1O[C@H](COC(C)=O)[C@@H](OC(C)=O)[C@H](OC(C)=O)[C@H]1OC(C)=O. The maximum atomic E-state index is 13.2. The largest absolute Gasteiger partial charge is 0.463 e. The van der Waals surface area contributed by atoms with Crippen molar-refractivity contribution >= 4 is 71.5 Å². The van der Waals surface area contributed by atoms with Crippen molar-refractivity contribution in [1.29, 1.82) is 0 Å². The van der Waals surface area contributed by atoms with Gasteiger partial charge in [-0.05, 0) is 12.1 Å². The minimum atomic E-state index is -1.99. The number of ether oxygens (including phenoxy) is 15. The van der Waals surface area contributed by atoms with Gasteiger partial charge in [0.15, 0.2) is 55.3 Å². The van der Waals surface area contributed by atoms with E-state index < -0.39 is 171 Å². The molecule has 0 amide bonds. The first-order chi connectivity index (χ1) is 32.9. The number of hydrogen-bond acceptors (Lipinski definition) is 26. The van der Waals surface area contributed by atoms with Gasteiger partial charge in [0.2, 0.25) is 0 Å². The molecule has 0 saturated carbocycles. The van der Waals surface area contributed by atoms with Crippen LogP contribution in [0.15, 0.2) is 35.2 Å². The Labute approximate surface area is 405 Å². The Balaban J connectivity index is 2.03. The fraction of sp³-hybridized carbons (Fsp3) is 0.636. The van der Waals surface area contributed by atoms with Gasteiger partial charge in [-0.25, -0.2) is 0 Å². The molecular weight excluding hydrogens is 961 g/mol. The fourth-order valence-corrected chi connectivity index (χ4v) is 8.61. The Morgan fingerprint density at radius 1 is 0.371 bits per heavy atom. The molecule has 3 aliphatic heterocycles. The molecule has 0 aliphatic carbocycles. The van der Waals surface area contributed by atoms with Crippen LogP contribution in [0.3, 0.4) is 0 Å². The Bertz CT molecular complexity index is 2050. The maximum Gasteiger partial charge on any atom is 0.303 e. The number of benzene rings is 1. The molecule has 3 aliphatic rings. The summed E-state index contributed by atoms with van der Waals surface area (Å²) in [6.45, 7) is 8.27. The van der Waals surface area contributed by atoms with Gasteiger partial charge in [0, 0.05) is 74.1 Å². The fourth-order valence-electron chi connectivity index (χ4n) is 7.48. The van der Waals surface area contributed by atoms with Crippen LogP contribution in [0, 0.1) is 0 Å². The highest BCUT2D eigenvalue weighted by Crippen LogP contribution is 2.42. The average molecular weight is 1020 g/mol. The number of hydrogen-bond donors (Lipinski definition) is 0. The summed E-state index contributed by atoms with van der Waals surface area (Å²) in [5.41, 5.74) is -1.32. The smallest absolute Gasteiger partial charge is 0.303 e. The summed E-state index contributed by atoms with van der Waals surface area (Å²) in [7, 11) is 0. The number of carbonyl (C=O) groups is 10. The minimum absolute atomic E-state index is 0.542. The van der Waals surface area contributed by atoms with Crippen molar-refractivity contribution in [1.82, 2.24) is 0 Å². The third kappa shape index (κ3) is 16.9. The summed E-state index contributed by atoms with van der Waals surface area (Å²) in [6, 6.07) is 8.51.